The molecule has 0 bridgehead atoms. The van der Waals surface area contributed by atoms with E-state index in [1.807, 2.05) is 0 Å². The number of phenolic OH excluding ortho intramolecular Hbond substituents is 1. The SMILES string of the molecule is NC(Cc1ccc(O)cc1)C(=O)O.OC[C@H]1O[C@@](CO)(O[C@H]2O[C@H](CO)[C@@H](O)[C@H](O)[C@H]2O)[C@@H](O)[C@@H]1O. The van der Waals surface area contributed by atoms with Crippen molar-refractivity contribution in [1.29, 1.82) is 0 Å². The Labute approximate surface area is 205 Å². The van der Waals surface area contributed by atoms with Crippen molar-refractivity contribution >= 4 is 5.97 Å². The molecule has 0 aromatic heterocycles. The quantitative estimate of drug-likeness (QED) is 0.152. The predicted molar refractivity (Wildman–Crippen MR) is 116 cm³/mol. The number of carboxylic acid groups (broad SMARTS) is 1. The first-order valence-corrected chi connectivity index (χ1v) is 10.9. The van der Waals surface area contributed by atoms with Gasteiger partial charge < -0.3 is 71.0 Å². The van der Waals surface area contributed by atoms with Gasteiger partial charge in [-0.1, -0.05) is 12.1 Å². The summed E-state index contributed by atoms with van der Waals surface area (Å²) in [6.07, 6.45) is -12.4. The van der Waals surface area contributed by atoms with Gasteiger partial charge >= 0.3 is 5.97 Å². The van der Waals surface area contributed by atoms with Crippen molar-refractivity contribution in [1.82, 2.24) is 0 Å². The normalized spacial score (nSPS) is 37.1. The molecule has 206 valence electrons. The van der Waals surface area contributed by atoms with Gasteiger partial charge in [0.25, 0.3) is 0 Å². The van der Waals surface area contributed by atoms with E-state index in [-0.39, 0.29) is 12.2 Å². The molecule has 36 heavy (non-hydrogen) atoms. The van der Waals surface area contributed by atoms with E-state index in [1.165, 1.54) is 12.1 Å². The summed E-state index contributed by atoms with van der Waals surface area (Å²) in [5.74, 6) is -3.08. The van der Waals surface area contributed by atoms with Crippen LogP contribution in [0.5, 0.6) is 5.75 Å². The second kappa shape index (κ2) is 13.0. The van der Waals surface area contributed by atoms with Gasteiger partial charge in [-0.05, 0) is 24.1 Å². The zero-order chi connectivity index (χ0) is 27.2. The van der Waals surface area contributed by atoms with E-state index in [1.54, 1.807) is 12.1 Å². The molecule has 2 aliphatic rings. The largest absolute Gasteiger partial charge is 0.508 e. The van der Waals surface area contributed by atoms with Crippen LogP contribution in [0, 0.1) is 0 Å². The summed E-state index contributed by atoms with van der Waals surface area (Å²) in [4.78, 5) is 10.4. The molecular weight excluding hydrogens is 490 g/mol. The number of ether oxygens (including phenoxy) is 3. The first kappa shape index (κ1) is 30.2. The molecule has 0 amide bonds. The number of benzene rings is 1. The maximum atomic E-state index is 10.4. The minimum atomic E-state index is -2.22. The Morgan fingerprint density at radius 1 is 0.944 bits per heavy atom. The van der Waals surface area contributed by atoms with Crippen LogP contribution in [0.2, 0.25) is 0 Å². The topological polar surface area (TPSA) is 273 Å². The monoisotopic (exact) mass is 523 g/mol. The number of aliphatic hydroxyl groups excluding tert-OH is 8. The van der Waals surface area contributed by atoms with E-state index in [0.29, 0.717) is 0 Å². The number of carboxylic acids is 1. The van der Waals surface area contributed by atoms with Crippen molar-refractivity contribution in [2.24, 2.45) is 5.73 Å². The van der Waals surface area contributed by atoms with Crippen LogP contribution in [0.25, 0.3) is 0 Å². The van der Waals surface area contributed by atoms with E-state index in [4.69, 9.17) is 40.4 Å². The third-order valence-corrected chi connectivity index (χ3v) is 5.78. The standard InChI is InChI=1S/C12H22O11.C9H11NO3/c13-1-4-6(16)8(18)9(19)11(21-4)23-12(3-15)10(20)7(17)5(2-14)22-12;10-8(9(12)13)5-6-1-3-7(11)4-2-6/h4-11,13-20H,1-3H2;1-4,8,11H,5,10H2,(H,12,13)/t4-,5-,6-,7-,8+,9-,10+,11-,12+;/m1./s1. The van der Waals surface area contributed by atoms with Gasteiger partial charge in [0.15, 0.2) is 6.29 Å². The summed E-state index contributed by atoms with van der Waals surface area (Å²) in [5.41, 5.74) is 6.12. The molecule has 2 fully saturated rings. The Balaban J connectivity index is 0.000000297. The lowest BCUT2D eigenvalue weighted by atomic mass is 9.99. The maximum absolute atomic E-state index is 10.4. The van der Waals surface area contributed by atoms with Gasteiger partial charge in [0.1, 0.15) is 61.1 Å². The molecule has 15 heteroatoms. The van der Waals surface area contributed by atoms with Crippen molar-refractivity contribution in [2.45, 2.75) is 67.3 Å². The van der Waals surface area contributed by atoms with Crippen LogP contribution in [0.1, 0.15) is 5.56 Å². The zero-order valence-corrected chi connectivity index (χ0v) is 19.0. The number of carbonyl (C=O) groups is 1. The average Bonchev–Trinajstić information content (AvgIpc) is 3.11. The van der Waals surface area contributed by atoms with Gasteiger partial charge in [0.05, 0.1) is 13.2 Å². The number of hydrogen-bond acceptors (Lipinski definition) is 14. The number of rotatable bonds is 8. The summed E-state index contributed by atoms with van der Waals surface area (Å²) in [6, 6.07) is 5.42. The number of aliphatic hydroxyl groups is 8. The summed E-state index contributed by atoms with van der Waals surface area (Å²) in [7, 11) is 0. The molecule has 2 aliphatic heterocycles. The van der Waals surface area contributed by atoms with Crippen LogP contribution in [0.15, 0.2) is 24.3 Å². The van der Waals surface area contributed by atoms with Crippen LogP contribution in [-0.2, 0) is 25.4 Å². The lowest BCUT2D eigenvalue weighted by Gasteiger charge is -2.43. The van der Waals surface area contributed by atoms with Crippen LogP contribution in [0.3, 0.4) is 0 Å². The highest BCUT2D eigenvalue weighted by Crippen LogP contribution is 2.35. The molecule has 15 nitrogen and oxygen atoms in total. The van der Waals surface area contributed by atoms with Gasteiger partial charge in [0, 0.05) is 0 Å². The van der Waals surface area contributed by atoms with Gasteiger partial charge in [-0.15, -0.1) is 0 Å². The smallest absolute Gasteiger partial charge is 0.320 e. The summed E-state index contributed by atoms with van der Waals surface area (Å²) >= 11 is 0. The maximum Gasteiger partial charge on any atom is 0.320 e. The van der Waals surface area contributed by atoms with E-state index in [0.717, 1.165) is 5.56 Å². The molecule has 0 saturated carbocycles. The number of phenols is 1. The molecule has 10 atom stereocenters. The van der Waals surface area contributed by atoms with Crippen LogP contribution in [0.4, 0.5) is 0 Å². The Hall–Kier alpha value is -1.99. The fraction of sp³-hybridized carbons (Fsp3) is 0.667. The molecule has 1 unspecified atom stereocenters. The molecule has 1 aromatic rings. The van der Waals surface area contributed by atoms with E-state index >= 15 is 0 Å². The molecule has 1 aromatic carbocycles. The van der Waals surface area contributed by atoms with E-state index < -0.39 is 86.6 Å². The molecule has 12 N–H and O–H groups in total. The lowest BCUT2D eigenvalue weighted by molar-refractivity contribution is -0.383. The highest BCUT2D eigenvalue weighted by Gasteiger charge is 2.58. The van der Waals surface area contributed by atoms with Crippen molar-refractivity contribution in [3.05, 3.63) is 29.8 Å². The Morgan fingerprint density at radius 3 is 2.00 bits per heavy atom. The molecule has 0 radical (unpaired) electrons. The van der Waals surface area contributed by atoms with Crippen molar-refractivity contribution in [3.63, 3.8) is 0 Å². The first-order chi connectivity index (χ1) is 16.9. The third-order valence-electron chi connectivity index (χ3n) is 5.78. The molecular formula is C21H33NO14. The van der Waals surface area contributed by atoms with Crippen LogP contribution >= 0.6 is 0 Å². The second-order valence-corrected chi connectivity index (χ2v) is 8.37. The first-order valence-electron chi connectivity index (χ1n) is 10.9. The van der Waals surface area contributed by atoms with E-state index in [9.17, 15) is 35.4 Å². The molecule has 2 heterocycles. The fourth-order valence-electron chi connectivity index (χ4n) is 3.60. The summed E-state index contributed by atoms with van der Waals surface area (Å²) in [6.45, 7) is -2.32. The van der Waals surface area contributed by atoms with Crippen molar-refractivity contribution in [2.75, 3.05) is 19.8 Å². The van der Waals surface area contributed by atoms with Crippen LogP contribution in [-0.4, -0.2) is 138 Å². The highest BCUT2D eigenvalue weighted by atomic mass is 16.8. The van der Waals surface area contributed by atoms with Crippen molar-refractivity contribution in [3.8, 4) is 5.75 Å². The molecule has 3 rings (SSSR count). The summed E-state index contributed by atoms with van der Waals surface area (Å²) in [5, 5.41) is 94.1. The van der Waals surface area contributed by atoms with Gasteiger partial charge in [-0.2, -0.15) is 0 Å². The Morgan fingerprint density at radius 2 is 1.53 bits per heavy atom. The molecule has 0 aliphatic carbocycles. The predicted octanol–water partition coefficient (Wildman–Crippen LogP) is -5.05. The van der Waals surface area contributed by atoms with Gasteiger partial charge in [-0.25, -0.2) is 0 Å². The lowest BCUT2D eigenvalue weighted by Crippen LogP contribution is -2.62. The average molecular weight is 523 g/mol. The molecule has 0 spiro atoms. The second-order valence-electron chi connectivity index (χ2n) is 8.37. The minimum absolute atomic E-state index is 0.160. The number of hydrogen-bond donors (Lipinski definition) is 11. The summed E-state index contributed by atoms with van der Waals surface area (Å²) < 4.78 is 15.4. The zero-order valence-electron chi connectivity index (χ0n) is 19.0. The Kier molecular flexibility index (Phi) is 10.9. The third kappa shape index (κ3) is 6.86. The highest BCUT2D eigenvalue weighted by molar-refractivity contribution is 5.73. The molecule has 2 saturated heterocycles. The fourth-order valence-corrected chi connectivity index (χ4v) is 3.60. The Bertz CT molecular complexity index is 825. The minimum Gasteiger partial charge on any atom is -0.508 e. The van der Waals surface area contributed by atoms with Gasteiger partial charge in [0.2, 0.25) is 5.79 Å². The van der Waals surface area contributed by atoms with Crippen LogP contribution < -0.4 is 5.73 Å². The van der Waals surface area contributed by atoms with E-state index in [2.05, 4.69) is 0 Å². The number of nitrogens with two attached hydrogens (primary N) is 1. The van der Waals surface area contributed by atoms with Crippen molar-refractivity contribution < 1.29 is 70.1 Å². The number of aromatic hydroxyl groups is 1. The number of aliphatic carboxylic acids is 1. The van der Waals surface area contributed by atoms with Gasteiger partial charge in [-0.3, -0.25) is 4.79 Å².